The van der Waals surface area contributed by atoms with Crippen molar-refractivity contribution in [3.63, 3.8) is 0 Å². The van der Waals surface area contributed by atoms with Gasteiger partial charge in [0, 0.05) is 22.4 Å². The number of aromatic nitrogens is 2. The summed E-state index contributed by atoms with van der Waals surface area (Å²) in [4.78, 5) is 19.0. The molecule has 2 aromatic rings. The van der Waals surface area contributed by atoms with Crippen LogP contribution in [0.2, 0.25) is 10.0 Å². The quantitative estimate of drug-likeness (QED) is 0.911. The number of carbonyl (C=O) groups is 1. The summed E-state index contributed by atoms with van der Waals surface area (Å²) in [5, 5.41) is 3.82. The number of nitrogens with one attached hydrogen (secondary N) is 2. The predicted molar refractivity (Wildman–Crippen MR) is 75.3 cm³/mol. The maximum Gasteiger partial charge on any atom is 0.225 e. The molecule has 0 radical (unpaired) electrons. The van der Waals surface area contributed by atoms with Crippen molar-refractivity contribution in [3.8, 4) is 0 Å². The Morgan fingerprint density at radius 1 is 1.42 bits per heavy atom. The lowest BCUT2D eigenvalue weighted by atomic mass is 10.1. The predicted octanol–water partition coefficient (Wildman–Crippen LogP) is 3.14. The fourth-order valence-electron chi connectivity index (χ4n) is 1.74. The van der Waals surface area contributed by atoms with Crippen LogP contribution in [0.5, 0.6) is 0 Å². The van der Waals surface area contributed by atoms with E-state index in [2.05, 4.69) is 15.3 Å². The van der Waals surface area contributed by atoms with Crippen molar-refractivity contribution >= 4 is 29.1 Å². The number of amides is 1. The number of carbonyl (C=O) groups excluding carboxylic acids is 1. The van der Waals surface area contributed by atoms with E-state index in [0.29, 0.717) is 21.4 Å². The van der Waals surface area contributed by atoms with Crippen LogP contribution >= 0.6 is 23.2 Å². The highest BCUT2D eigenvalue weighted by Crippen LogP contribution is 2.24. The van der Waals surface area contributed by atoms with Gasteiger partial charge in [-0.25, -0.2) is 4.98 Å². The van der Waals surface area contributed by atoms with E-state index in [0.717, 1.165) is 0 Å². The molecule has 1 amide bonds. The first-order chi connectivity index (χ1) is 9.08. The monoisotopic (exact) mass is 297 g/mol. The minimum absolute atomic E-state index is 0.142. The minimum Gasteiger partial charge on any atom is -0.347 e. The molecular formula is C13H13Cl2N3O. The number of halogens is 2. The van der Waals surface area contributed by atoms with Crippen LogP contribution in [0.25, 0.3) is 0 Å². The largest absolute Gasteiger partial charge is 0.347 e. The third kappa shape index (κ3) is 3.49. The van der Waals surface area contributed by atoms with Gasteiger partial charge in [0.15, 0.2) is 0 Å². The Labute approximate surface area is 121 Å². The standard InChI is InChI=1S/C13H13Cl2N3O/c1-8(13-16-5-6-17-13)18-12(19)7-9-10(14)3-2-4-11(9)15/h2-6,8H,7H2,1H3,(H,16,17)(H,18,19). The molecule has 19 heavy (non-hydrogen) atoms. The highest BCUT2D eigenvalue weighted by atomic mass is 35.5. The Morgan fingerprint density at radius 3 is 2.68 bits per heavy atom. The fraction of sp³-hybridized carbons (Fsp3) is 0.231. The molecule has 6 heteroatoms. The maximum absolute atomic E-state index is 12.0. The third-order valence-electron chi connectivity index (χ3n) is 2.71. The second-order valence-corrected chi connectivity index (χ2v) is 4.96. The molecule has 0 aliphatic rings. The van der Waals surface area contributed by atoms with E-state index in [9.17, 15) is 4.79 Å². The maximum atomic E-state index is 12.0. The molecule has 0 spiro atoms. The van der Waals surface area contributed by atoms with Gasteiger partial charge < -0.3 is 10.3 Å². The second-order valence-electron chi connectivity index (χ2n) is 4.14. The van der Waals surface area contributed by atoms with E-state index in [-0.39, 0.29) is 18.4 Å². The highest BCUT2D eigenvalue weighted by Gasteiger charge is 2.14. The molecule has 2 N–H and O–H groups in total. The van der Waals surface area contributed by atoms with Crippen LogP contribution in [0.4, 0.5) is 0 Å². The molecule has 2 rings (SSSR count). The first kappa shape index (κ1) is 13.9. The minimum atomic E-state index is -0.191. The van der Waals surface area contributed by atoms with E-state index < -0.39 is 0 Å². The zero-order valence-corrected chi connectivity index (χ0v) is 11.8. The van der Waals surface area contributed by atoms with Crippen LogP contribution in [0.1, 0.15) is 24.4 Å². The Kier molecular flexibility index (Phi) is 4.45. The van der Waals surface area contributed by atoms with Gasteiger partial charge in [-0.2, -0.15) is 0 Å². The molecule has 1 heterocycles. The lowest BCUT2D eigenvalue weighted by Gasteiger charge is -2.12. The van der Waals surface area contributed by atoms with Crippen molar-refractivity contribution < 1.29 is 4.79 Å². The number of nitrogens with zero attached hydrogens (tertiary/aromatic N) is 1. The summed E-state index contributed by atoms with van der Waals surface area (Å²) in [7, 11) is 0. The number of hydrogen-bond acceptors (Lipinski definition) is 2. The average Bonchev–Trinajstić information content (AvgIpc) is 2.88. The molecule has 0 aliphatic carbocycles. The first-order valence-electron chi connectivity index (χ1n) is 5.79. The van der Waals surface area contributed by atoms with Gasteiger partial charge in [-0.05, 0) is 24.6 Å². The van der Waals surface area contributed by atoms with Gasteiger partial charge in [0.2, 0.25) is 5.91 Å². The summed E-state index contributed by atoms with van der Waals surface area (Å²) >= 11 is 12.1. The fourth-order valence-corrected chi connectivity index (χ4v) is 2.27. The molecule has 1 aromatic carbocycles. The normalized spacial score (nSPS) is 12.2. The Hall–Kier alpha value is -1.52. The van der Waals surface area contributed by atoms with Gasteiger partial charge in [0.1, 0.15) is 5.82 Å². The number of benzene rings is 1. The smallest absolute Gasteiger partial charge is 0.225 e. The van der Waals surface area contributed by atoms with Crippen molar-refractivity contribution in [2.24, 2.45) is 0 Å². The number of aromatic amines is 1. The van der Waals surface area contributed by atoms with Crippen LogP contribution in [0, 0.1) is 0 Å². The summed E-state index contributed by atoms with van der Waals surface area (Å²) in [6.07, 6.45) is 3.50. The average molecular weight is 298 g/mol. The molecule has 1 unspecified atom stereocenters. The SMILES string of the molecule is CC(NC(=O)Cc1c(Cl)cccc1Cl)c1ncc[nH]1. The van der Waals surface area contributed by atoms with Crippen molar-refractivity contribution in [2.45, 2.75) is 19.4 Å². The van der Waals surface area contributed by atoms with Crippen LogP contribution in [0.15, 0.2) is 30.6 Å². The zero-order valence-electron chi connectivity index (χ0n) is 10.3. The van der Waals surface area contributed by atoms with Crippen LogP contribution in [-0.4, -0.2) is 15.9 Å². The second kappa shape index (κ2) is 6.08. The number of rotatable bonds is 4. The molecule has 1 aromatic heterocycles. The lowest BCUT2D eigenvalue weighted by molar-refractivity contribution is -0.121. The van der Waals surface area contributed by atoms with Crippen molar-refractivity contribution in [3.05, 3.63) is 52.0 Å². The Balaban J connectivity index is 2.02. The molecule has 4 nitrogen and oxygen atoms in total. The van der Waals surface area contributed by atoms with Crippen molar-refractivity contribution in [1.82, 2.24) is 15.3 Å². The molecule has 0 aliphatic heterocycles. The van der Waals surface area contributed by atoms with E-state index in [1.807, 2.05) is 6.92 Å². The molecule has 0 saturated heterocycles. The highest BCUT2D eigenvalue weighted by molar-refractivity contribution is 6.36. The topological polar surface area (TPSA) is 57.8 Å². The van der Waals surface area contributed by atoms with Crippen molar-refractivity contribution in [2.75, 3.05) is 0 Å². The molecule has 1 atom stereocenters. The summed E-state index contributed by atoms with van der Waals surface area (Å²) in [6, 6.07) is 4.99. The molecule has 0 bridgehead atoms. The zero-order chi connectivity index (χ0) is 13.8. The van der Waals surface area contributed by atoms with E-state index in [1.165, 1.54) is 0 Å². The molecule has 0 fully saturated rings. The van der Waals surface area contributed by atoms with E-state index in [4.69, 9.17) is 23.2 Å². The summed E-state index contributed by atoms with van der Waals surface area (Å²) < 4.78 is 0. The summed E-state index contributed by atoms with van der Waals surface area (Å²) in [6.45, 7) is 1.85. The van der Waals surface area contributed by atoms with Gasteiger partial charge >= 0.3 is 0 Å². The number of hydrogen-bond donors (Lipinski definition) is 2. The number of imidazole rings is 1. The summed E-state index contributed by atoms with van der Waals surface area (Å²) in [5.41, 5.74) is 0.634. The Morgan fingerprint density at radius 2 is 2.11 bits per heavy atom. The van der Waals surface area contributed by atoms with Gasteiger partial charge in [-0.3, -0.25) is 4.79 Å². The van der Waals surface area contributed by atoms with Crippen LogP contribution < -0.4 is 5.32 Å². The van der Waals surface area contributed by atoms with E-state index in [1.54, 1.807) is 30.6 Å². The number of H-pyrrole nitrogens is 1. The molecular weight excluding hydrogens is 285 g/mol. The first-order valence-corrected chi connectivity index (χ1v) is 6.55. The van der Waals surface area contributed by atoms with E-state index >= 15 is 0 Å². The van der Waals surface area contributed by atoms with Gasteiger partial charge in [0.25, 0.3) is 0 Å². The molecule has 0 saturated carbocycles. The third-order valence-corrected chi connectivity index (χ3v) is 3.41. The van der Waals surface area contributed by atoms with Crippen molar-refractivity contribution in [1.29, 1.82) is 0 Å². The Bertz CT molecular complexity index is 549. The van der Waals surface area contributed by atoms with Crippen LogP contribution in [0.3, 0.4) is 0 Å². The van der Waals surface area contributed by atoms with Crippen LogP contribution in [-0.2, 0) is 11.2 Å². The lowest BCUT2D eigenvalue weighted by Crippen LogP contribution is -2.28. The summed E-state index contributed by atoms with van der Waals surface area (Å²) in [5.74, 6) is 0.553. The van der Waals surface area contributed by atoms with Gasteiger partial charge in [-0.1, -0.05) is 29.3 Å². The molecule has 100 valence electrons. The van der Waals surface area contributed by atoms with Gasteiger partial charge in [-0.15, -0.1) is 0 Å². The van der Waals surface area contributed by atoms with Gasteiger partial charge in [0.05, 0.1) is 12.5 Å².